The number of nitrogens with zero attached hydrogens (tertiary/aromatic N) is 1. The van der Waals surface area contributed by atoms with E-state index in [4.69, 9.17) is 15.6 Å². The fourth-order valence-corrected chi connectivity index (χ4v) is 8.27. The highest BCUT2D eigenvalue weighted by atomic mass is 16.6. The van der Waals surface area contributed by atoms with Crippen LogP contribution < -0.4 is 5.73 Å². The third-order valence-corrected chi connectivity index (χ3v) is 10.3. The zero-order chi connectivity index (χ0) is 22.6. The topological polar surface area (TPSA) is 113 Å². The van der Waals surface area contributed by atoms with Crippen molar-refractivity contribution in [1.29, 1.82) is 0 Å². The summed E-state index contributed by atoms with van der Waals surface area (Å²) in [6.45, 7) is 4.77. The van der Waals surface area contributed by atoms with Gasteiger partial charge in [0.2, 0.25) is 0 Å². The molecule has 1 amide bonds. The molecular weight excluding hydrogens is 396 g/mol. The summed E-state index contributed by atoms with van der Waals surface area (Å²) < 4.78 is 5.77. The van der Waals surface area contributed by atoms with Crippen LogP contribution in [0.5, 0.6) is 0 Å². The van der Waals surface area contributed by atoms with E-state index in [0.29, 0.717) is 24.2 Å². The Morgan fingerprint density at radius 1 is 1.06 bits per heavy atom. The van der Waals surface area contributed by atoms with Crippen molar-refractivity contribution in [2.45, 2.75) is 83.3 Å². The van der Waals surface area contributed by atoms with Gasteiger partial charge in [-0.25, -0.2) is 4.79 Å². The number of aliphatic hydroxyl groups is 1. The van der Waals surface area contributed by atoms with E-state index in [1.165, 1.54) is 4.90 Å². The fourth-order valence-electron chi connectivity index (χ4n) is 8.27. The number of carbonyl (C=O) groups excluding carboxylic acids is 1. The lowest BCUT2D eigenvalue weighted by molar-refractivity contribution is -0.157. The van der Waals surface area contributed by atoms with Crippen LogP contribution in [0.2, 0.25) is 0 Å². The smallest absolute Gasteiger partial charge is 0.409 e. The molecule has 0 aliphatic heterocycles. The number of carboxylic acid groups (broad SMARTS) is 1. The van der Waals surface area contributed by atoms with E-state index in [-0.39, 0.29) is 47.6 Å². The second-order valence-electron chi connectivity index (χ2n) is 11.3. The third-order valence-electron chi connectivity index (χ3n) is 10.3. The van der Waals surface area contributed by atoms with Gasteiger partial charge in [0.1, 0.15) is 6.10 Å². The van der Waals surface area contributed by atoms with E-state index in [9.17, 15) is 14.7 Å². The minimum atomic E-state index is -0.679. The molecule has 0 radical (unpaired) electrons. The number of nitrogens with two attached hydrogens (primary N) is 1. The average Bonchev–Trinajstić information content (AvgIpc) is 3.00. The highest BCUT2D eigenvalue weighted by Crippen LogP contribution is 2.68. The molecule has 8 atom stereocenters. The second kappa shape index (κ2) is 7.91. The van der Waals surface area contributed by atoms with Crippen molar-refractivity contribution >= 4 is 12.1 Å². The average molecular weight is 437 g/mol. The zero-order valence-electron chi connectivity index (χ0n) is 19.3. The maximum absolute atomic E-state index is 12.3. The maximum Gasteiger partial charge on any atom is 0.409 e. The molecule has 4 fully saturated rings. The first kappa shape index (κ1) is 22.8. The van der Waals surface area contributed by atoms with Crippen LogP contribution in [-0.4, -0.2) is 59.0 Å². The van der Waals surface area contributed by atoms with Gasteiger partial charge in [0, 0.05) is 19.1 Å². The number of carbonyl (C=O) groups is 2. The molecule has 4 saturated carbocycles. The quantitative estimate of drug-likeness (QED) is 0.623. The molecule has 0 aromatic heterocycles. The lowest BCUT2D eigenvalue weighted by Crippen LogP contribution is -2.66. The predicted molar refractivity (Wildman–Crippen MR) is 116 cm³/mol. The largest absolute Gasteiger partial charge is 0.481 e. The van der Waals surface area contributed by atoms with Gasteiger partial charge in [-0.1, -0.05) is 13.8 Å². The van der Waals surface area contributed by atoms with Crippen LogP contribution in [-0.2, 0) is 9.53 Å². The molecule has 0 spiro atoms. The number of ether oxygens (including phenoxy) is 1. The Labute approximate surface area is 185 Å². The number of fused-ring (bicyclic) bond motifs is 5. The fraction of sp³-hybridized carbons (Fsp3) is 0.917. The number of carboxylic acids is 1. The normalized spacial score (nSPS) is 46.4. The van der Waals surface area contributed by atoms with Gasteiger partial charge >= 0.3 is 12.1 Å². The van der Waals surface area contributed by atoms with E-state index in [0.717, 1.165) is 51.4 Å². The van der Waals surface area contributed by atoms with Gasteiger partial charge in [-0.15, -0.1) is 0 Å². The first-order valence-electron chi connectivity index (χ1n) is 12.1. The van der Waals surface area contributed by atoms with E-state index in [2.05, 4.69) is 13.8 Å². The molecule has 0 unspecified atom stereocenters. The van der Waals surface area contributed by atoms with Crippen molar-refractivity contribution in [3.8, 4) is 0 Å². The number of hydrogen-bond acceptors (Lipinski definition) is 5. The Kier molecular flexibility index (Phi) is 5.83. The van der Waals surface area contributed by atoms with Crippen molar-refractivity contribution in [1.82, 2.24) is 4.90 Å². The lowest BCUT2D eigenvalue weighted by Gasteiger charge is -2.64. The van der Waals surface area contributed by atoms with Gasteiger partial charge in [0.05, 0.1) is 12.5 Å². The molecule has 0 bridgehead atoms. The molecule has 4 rings (SSSR count). The monoisotopic (exact) mass is 436 g/mol. The Morgan fingerprint density at radius 3 is 2.48 bits per heavy atom. The van der Waals surface area contributed by atoms with Crippen molar-refractivity contribution in [2.75, 3.05) is 20.2 Å². The van der Waals surface area contributed by atoms with Gasteiger partial charge in [0.25, 0.3) is 0 Å². The molecule has 7 nitrogen and oxygen atoms in total. The van der Waals surface area contributed by atoms with Gasteiger partial charge in [-0.2, -0.15) is 0 Å². The highest BCUT2D eigenvalue weighted by Gasteiger charge is 2.67. The summed E-state index contributed by atoms with van der Waals surface area (Å²) in [4.78, 5) is 25.7. The number of rotatable bonds is 4. The van der Waals surface area contributed by atoms with E-state index in [1.54, 1.807) is 7.05 Å². The predicted octanol–water partition coefficient (Wildman–Crippen LogP) is 3.24. The summed E-state index contributed by atoms with van der Waals surface area (Å²) in [6, 6.07) is 0. The number of amides is 1. The SMILES string of the molecule is CN(CCO)C(=O)O[C@H]1CC[C@@]2(C)[C@H](CC[C@@H]3[C@@H]2CC[C@]2(C)[C@@H](C(=O)O)CC[C@]32N)C1. The summed E-state index contributed by atoms with van der Waals surface area (Å²) >= 11 is 0. The highest BCUT2D eigenvalue weighted by molar-refractivity contribution is 5.72. The molecule has 7 heteroatoms. The molecule has 4 aliphatic carbocycles. The van der Waals surface area contributed by atoms with E-state index < -0.39 is 5.97 Å². The number of hydrogen-bond donors (Lipinski definition) is 3. The van der Waals surface area contributed by atoms with Crippen LogP contribution >= 0.6 is 0 Å². The third kappa shape index (κ3) is 3.38. The van der Waals surface area contributed by atoms with Crippen molar-refractivity contribution in [2.24, 2.45) is 40.2 Å². The maximum atomic E-state index is 12.3. The Bertz CT molecular complexity index is 731. The minimum Gasteiger partial charge on any atom is -0.481 e. The number of aliphatic carboxylic acids is 1. The van der Waals surface area contributed by atoms with Crippen molar-refractivity contribution < 1.29 is 24.5 Å². The lowest BCUT2D eigenvalue weighted by atomic mass is 9.42. The Balaban J connectivity index is 1.48. The van der Waals surface area contributed by atoms with Crippen LogP contribution in [0.15, 0.2) is 0 Å². The van der Waals surface area contributed by atoms with Crippen molar-refractivity contribution in [3.63, 3.8) is 0 Å². The summed E-state index contributed by atoms with van der Waals surface area (Å²) in [5.74, 6) is 0.405. The standard InChI is InChI=1S/C24H40N2O5/c1-22-9-6-16(31-21(30)26(3)12-13-27)14-15(22)4-5-18-17(22)7-10-23(2)19(20(28)29)8-11-24(18,23)25/h15-19,27H,4-14,25H2,1-3H3,(H,28,29)/t15-,16+,17+,18-,19-,22+,23-,24+/m1/s1. The molecule has 31 heavy (non-hydrogen) atoms. The molecule has 4 aliphatic rings. The van der Waals surface area contributed by atoms with Gasteiger partial charge in [-0.3, -0.25) is 4.79 Å². The molecule has 4 N–H and O–H groups in total. The van der Waals surface area contributed by atoms with Crippen LogP contribution in [0.25, 0.3) is 0 Å². The van der Waals surface area contributed by atoms with E-state index >= 15 is 0 Å². The van der Waals surface area contributed by atoms with Gasteiger partial charge in [-0.05, 0) is 86.4 Å². The van der Waals surface area contributed by atoms with Gasteiger partial charge < -0.3 is 25.6 Å². The Hall–Kier alpha value is -1.34. The number of likely N-dealkylation sites (N-methyl/N-ethyl adjacent to an activating group) is 1. The molecule has 0 heterocycles. The second-order valence-corrected chi connectivity index (χ2v) is 11.3. The minimum absolute atomic E-state index is 0.0631. The summed E-state index contributed by atoms with van der Waals surface area (Å²) in [5, 5.41) is 18.9. The first-order valence-corrected chi connectivity index (χ1v) is 12.1. The summed E-state index contributed by atoms with van der Waals surface area (Å²) in [5.41, 5.74) is 6.64. The van der Waals surface area contributed by atoms with Crippen LogP contribution in [0, 0.1) is 34.5 Å². The van der Waals surface area contributed by atoms with E-state index in [1.807, 2.05) is 0 Å². The zero-order valence-corrected chi connectivity index (χ0v) is 19.3. The van der Waals surface area contributed by atoms with Crippen LogP contribution in [0.3, 0.4) is 0 Å². The summed E-state index contributed by atoms with van der Waals surface area (Å²) in [7, 11) is 1.66. The first-order chi connectivity index (χ1) is 14.6. The summed E-state index contributed by atoms with van der Waals surface area (Å²) in [6.07, 6.45) is 7.96. The Morgan fingerprint density at radius 2 is 1.81 bits per heavy atom. The molecule has 0 saturated heterocycles. The van der Waals surface area contributed by atoms with Crippen LogP contribution in [0.1, 0.15) is 71.6 Å². The van der Waals surface area contributed by atoms with Crippen molar-refractivity contribution in [3.05, 3.63) is 0 Å². The molecule has 0 aromatic rings. The molecule has 0 aromatic carbocycles. The number of aliphatic hydroxyl groups excluding tert-OH is 1. The van der Waals surface area contributed by atoms with Crippen LogP contribution in [0.4, 0.5) is 4.79 Å². The molecular formula is C24H40N2O5. The molecule has 176 valence electrons. The van der Waals surface area contributed by atoms with Gasteiger partial charge in [0.15, 0.2) is 0 Å².